The normalized spacial score (nSPS) is 24.8. The smallest absolute Gasteiger partial charge is 0.238 e. The molecule has 0 bridgehead atoms. The molecule has 1 heterocycles. The number of phenols is 1. The number of rotatable bonds is 3. The molecule has 94 valence electrons. The van der Waals surface area contributed by atoms with E-state index in [2.05, 4.69) is 15.6 Å². The van der Waals surface area contributed by atoms with Crippen LogP contribution in [-0.4, -0.2) is 31.4 Å². The molecule has 6 nitrogen and oxygen atoms in total. The predicted molar refractivity (Wildman–Crippen MR) is 65.0 cm³/mol. The van der Waals surface area contributed by atoms with Gasteiger partial charge in [0.05, 0.1) is 5.69 Å². The molecule has 0 aliphatic carbocycles. The number of anilines is 1. The van der Waals surface area contributed by atoms with Crippen LogP contribution >= 0.6 is 0 Å². The molecule has 2 atom stereocenters. The lowest BCUT2D eigenvalue weighted by Crippen LogP contribution is -2.38. The number of benzene rings is 1. The van der Waals surface area contributed by atoms with Crippen molar-refractivity contribution in [2.75, 3.05) is 11.3 Å². The maximum Gasteiger partial charge on any atom is 0.238 e. The van der Waals surface area contributed by atoms with E-state index in [0.29, 0.717) is 6.54 Å². The Balaban J connectivity index is 2.21. The van der Waals surface area contributed by atoms with Gasteiger partial charge in [-0.25, -0.2) is 8.42 Å². The van der Waals surface area contributed by atoms with Gasteiger partial charge in [0.1, 0.15) is 11.0 Å². The molecular formula is C10H15N3O3S. The molecule has 0 spiro atoms. The van der Waals surface area contributed by atoms with E-state index in [1.807, 2.05) is 0 Å². The number of hydrogen-bond donors (Lipinski definition) is 4. The van der Waals surface area contributed by atoms with Crippen molar-refractivity contribution >= 4 is 15.7 Å². The zero-order valence-corrected chi connectivity index (χ0v) is 10.2. The summed E-state index contributed by atoms with van der Waals surface area (Å²) in [6.07, 6.45) is 0. The number of hydrazine groups is 1. The highest BCUT2D eigenvalue weighted by molar-refractivity contribution is 7.93. The molecule has 1 aliphatic heterocycles. The van der Waals surface area contributed by atoms with Gasteiger partial charge in [0.25, 0.3) is 0 Å². The Morgan fingerprint density at radius 2 is 2.12 bits per heavy atom. The summed E-state index contributed by atoms with van der Waals surface area (Å²) in [4.78, 5) is 0. The highest BCUT2D eigenvalue weighted by Crippen LogP contribution is 2.24. The monoisotopic (exact) mass is 257 g/mol. The SMILES string of the molecule is CC1NNCC1S(=O)(=O)Nc1ccccc1O. The van der Waals surface area contributed by atoms with Gasteiger partial charge in [-0.2, -0.15) is 0 Å². The number of aromatic hydroxyl groups is 1. The molecule has 2 unspecified atom stereocenters. The molecule has 0 saturated carbocycles. The molecule has 1 fully saturated rings. The van der Waals surface area contributed by atoms with E-state index in [4.69, 9.17) is 0 Å². The lowest BCUT2D eigenvalue weighted by molar-refractivity contribution is 0.477. The van der Waals surface area contributed by atoms with Crippen LogP contribution in [0.2, 0.25) is 0 Å². The van der Waals surface area contributed by atoms with Crippen molar-refractivity contribution in [3.05, 3.63) is 24.3 Å². The lowest BCUT2D eigenvalue weighted by atomic mass is 10.3. The molecule has 17 heavy (non-hydrogen) atoms. The molecule has 1 saturated heterocycles. The second-order valence-electron chi connectivity index (χ2n) is 4.02. The summed E-state index contributed by atoms with van der Waals surface area (Å²) in [6.45, 7) is 2.12. The van der Waals surface area contributed by atoms with Crippen LogP contribution in [0.25, 0.3) is 0 Å². The summed E-state index contributed by atoms with van der Waals surface area (Å²) >= 11 is 0. The minimum atomic E-state index is -3.52. The van der Waals surface area contributed by atoms with E-state index in [0.717, 1.165) is 0 Å². The molecule has 1 aromatic rings. The second-order valence-corrected chi connectivity index (χ2v) is 5.92. The Bertz CT molecular complexity index is 503. The third kappa shape index (κ3) is 2.51. The van der Waals surface area contributed by atoms with Gasteiger partial charge in [-0.05, 0) is 19.1 Å². The molecule has 4 N–H and O–H groups in total. The first-order valence-corrected chi connectivity index (χ1v) is 6.83. The minimum absolute atomic E-state index is 0.0809. The van der Waals surface area contributed by atoms with Crippen molar-refractivity contribution in [3.63, 3.8) is 0 Å². The molecular weight excluding hydrogens is 242 g/mol. The van der Waals surface area contributed by atoms with Gasteiger partial charge in [-0.3, -0.25) is 15.6 Å². The second kappa shape index (κ2) is 4.52. The van der Waals surface area contributed by atoms with Gasteiger partial charge in [-0.15, -0.1) is 0 Å². The van der Waals surface area contributed by atoms with Gasteiger partial charge >= 0.3 is 0 Å². The summed E-state index contributed by atoms with van der Waals surface area (Å²) in [5.74, 6) is -0.0809. The van der Waals surface area contributed by atoms with E-state index in [9.17, 15) is 13.5 Å². The standard InChI is InChI=1S/C10H15N3O3S/c1-7-10(6-11-12-7)17(15,16)13-8-4-2-3-5-9(8)14/h2-5,7,10-14H,6H2,1H3. The summed E-state index contributed by atoms with van der Waals surface area (Å²) < 4.78 is 26.5. The van der Waals surface area contributed by atoms with E-state index in [1.54, 1.807) is 19.1 Å². The number of hydrogen-bond acceptors (Lipinski definition) is 5. The number of nitrogens with one attached hydrogen (secondary N) is 3. The molecule has 7 heteroatoms. The van der Waals surface area contributed by atoms with E-state index >= 15 is 0 Å². The van der Waals surface area contributed by atoms with E-state index in [-0.39, 0.29) is 17.5 Å². The summed E-state index contributed by atoms with van der Waals surface area (Å²) in [5, 5.41) is 8.96. The van der Waals surface area contributed by atoms with Crippen LogP contribution in [0.3, 0.4) is 0 Å². The predicted octanol–water partition coefficient (Wildman–Crippen LogP) is -0.00120. The van der Waals surface area contributed by atoms with Crippen molar-refractivity contribution < 1.29 is 13.5 Å². The van der Waals surface area contributed by atoms with Crippen LogP contribution in [0.4, 0.5) is 5.69 Å². The fraction of sp³-hybridized carbons (Fsp3) is 0.400. The third-order valence-electron chi connectivity index (χ3n) is 2.75. The van der Waals surface area contributed by atoms with Crippen LogP contribution in [0.1, 0.15) is 6.92 Å². The third-order valence-corrected chi connectivity index (χ3v) is 4.62. The van der Waals surface area contributed by atoms with Crippen molar-refractivity contribution in [2.24, 2.45) is 0 Å². The van der Waals surface area contributed by atoms with Crippen LogP contribution in [-0.2, 0) is 10.0 Å². The highest BCUT2D eigenvalue weighted by Gasteiger charge is 2.35. The number of phenolic OH excluding ortho intramolecular Hbond substituents is 1. The van der Waals surface area contributed by atoms with Crippen LogP contribution in [0, 0.1) is 0 Å². The Kier molecular flexibility index (Phi) is 3.23. The number of sulfonamides is 1. The Morgan fingerprint density at radius 1 is 1.41 bits per heavy atom. The van der Waals surface area contributed by atoms with Crippen molar-refractivity contribution in [2.45, 2.75) is 18.2 Å². The molecule has 1 aromatic carbocycles. The Hall–Kier alpha value is -1.31. The number of para-hydroxylation sites is 2. The van der Waals surface area contributed by atoms with Crippen molar-refractivity contribution in [3.8, 4) is 5.75 Å². The fourth-order valence-electron chi connectivity index (χ4n) is 1.76. The van der Waals surface area contributed by atoms with Crippen LogP contribution < -0.4 is 15.6 Å². The maximum atomic E-state index is 12.1. The van der Waals surface area contributed by atoms with Gasteiger partial charge in [0, 0.05) is 12.6 Å². The minimum Gasteiger partial charge on any atom is -0.506 e. The molecule has 0 aromatic heterocycles. The summed E-state index contributed by atoms with van der Waals surface area (Å²) in [5.41, 5.74) is 5.84. The lowest BCUT2D eigenvalue weighted by Gasteiger charge is -2.16. The zero-order chi connectivity index (χ0) is 12.5. The largest absolute Gasteiger partial charge is 0.506 e. The first-order valence-electron chi connectivity index (χ1n) is 5.29. The van der Waals surface area contributed by atoms with Gasteiger partial charge < -0.3 is 5.11 Å². The van der Waals surface area contributed by atoms with Crippen molar-refractivity contribution in [1.82, 2.24) is 10.9 Å². The maximum absolute atomic E-state index is 12.1. The first-order chi connectivity index (χ1) is 8.00. The molecule has 0 amide bonds. The summed E-state index contributed by atoms with van der Waals surface area (Å²) in [7, 11) is -3.52. The van der Waals surface area contributed by atoms with Crippen molar-refractivity contribution in [1.29, 1.82) is 0 Å². The molecule has 1 aliphatic rings. The zero-order valence-electron chi connectivity index (χ0n) is 9.34. The molecule has 0 radical (unpaired) electrons. The van der Waals surface area contributed by atoms with Gasteiger partial charge in [0.2, 0.25) is 10.0 Å². The van der Waals surface area contributed by atoms with E-state index < -0.39 is 15.3 Å². The molecule has 2 rings (SSSR count). The average Bonchev–Trinajstić information content (AvgIpc) is 2.68. The highest BCUT2D eigenvalue weighted by atomic mass is 32.2. The average molecular weight is 257 g/mol. The van der Waals surface area contributed by atoms with Gasteiger partial charge in [-0.1, -0.05) is 12.1 Å². The summed E-state index contributed by atoms with van der Waals surface area (Å²) in [6, 6.07) is 6.07. The van der Waals surface area contributed by atoms with Crippen LogP contribution in [0.5, 0.6) is 5.75 Å². The first kappa shape index (κ1) is 12.2. The van der Waals surface area contributed by atoms with Crippen LogP contribution in [0.15, 0.2) is 24.3 Å². The van der Waals surface area contributed by atoms with Gasteiger partial charge in [0.15, 0.2) is 0 Å². The van der Waals surface area contributed by atoms with E-state index in [1.165, 1.54) is 12.1 Å². The quantitative estimate of drug-likeness (QED) is 0.572. The fourth-order valence-corrected chi connectivity index (χ4v) is 3.30. The Morgan fingerprint density at radius 3 is 2.71 bits per heavy atom. The topological polar surface area (TPSA) is 90.5 Å². The Labute approximate surface area is 100 Å².